The van der Waals surface area contributed by atoms with E-state index < -0.39 is 6.10 Å². The molecule has 0 spiro atoms. The highest BCUT2D eigenvalue weighted by atomic mass is 32.1. The number of aliphatic hydroxyl groups excluding tert-OH is 1. The van der Waals surface area contributed by atoms with Crippen molar-refractivity contribution >= 4 is 16.5 Å². The number of aliphatic hydroxyl groups is 1. The second-order valence-corrected chi connectivity index (χ2v) is 7.05. The van der Waals surface area contributed by atoms with E-state index >= 15 is 0 Å². The number of rotatable bonds is 7. The van der Waals surface area contributed by atoms with E-state index in [0.717, 1.165) is 22.9 Å². The summed E-state index contributed by atoms with van der Waals surface area (Å²) in [6, 6.07) is 6.15. The first-order valence-corrected chi connectivity index (χ1v) is 8.49. The lowest BCUT2D eigenvalue weighted by Gasteiger charge is -2.18. The van der Waals surface area contributed by atoms with Gasteiger partial charge in [-0.25, -0.2) is 9.37 Å². The third kappa shape index (κ3) is 4.99. The van der Waals surface area contributed by atoms with Crippen LogP contribution in [0.15, 0.2) is 24.3 Å². The molecule has 6 heteroatoms. The van der Waals surface area contributed by atoms with Gasteiger partial charge in [0.2, 0.25) is 0 Å². The molecular formula is C17H24FN3OS. The van der Waals surface area contributed by atoms with Gasteiger partial charge >= 0.3 is 0 Å². The highest BCUT2D eigenvalue weighted by Gasteiger charge is 2.14. The van der Waals surface area contributed by atoms with Gasteiger partial charge in [-0.05, 0) is 38.0 Å². The number of aryl methyl sites for hydroxylation is 1. The summed E-state index contributed by atoms with van der Waals surface area (Å²) in [7, 11) is 3.97. The number of halogens is 1. The van der Waals surface area contributed by atoms with E-state index in [4.69, 9.17) is 0 Å². The molecule has 2 aromatic rings. The molecule has 0 aliphatic carbocycles. The molecule has 1 heterocycles. The van der Waals surface area contributed by atoms with Crippen LogP contribution in [-0.2, 0) is 6.54 Å². The molecule has 0 aliphatic heterocycles. The predicted octanol–water partition coefficient (Wildman–Crippen LogP) is 3.26. The Bertz CT molecular complexity index is 627. The van der Waals surface area contributed by atoms with Crippen molar-refractivity contribution < 1.29 is 9.50 Å². The van der Waals surface area contributed by atoms with Gasteiger partial charge in [-0.15, -0.1) is 11.3 Å². The van der Waals surface area contributed by atoms with Gasteiger partial charge in [0.25, 0.3) is 0 Å². The fourth-order valence-corrected chi connectivity index (χ4v) is 3.21. The van der Waals surface area contributed by atoms with Gasteiger partial charge in [-0.3, -0.25) is 0 Å². The van der Waals surface area contributed by atoms with Crippen LogP contribution in [0.2, 0.25) is 0 Å². The Labute approximate surface area is 141 Å². The second-order valence-electron chi connectivity index (χ2n) is 5.98. The third-order valence-electron chi connectivity index (χ3n) is 3.71. The van der Waals surface area contributed by atoms with Gasteiger partial charge in [0.1, 0.15) is 5.82 Å². The van der Waals surface area contributed by atoms with Gasteiger partial charge in [-0.1, -0.05) is 12.1 Å². The predicted molar refractivity (Wildman–Crippen MR) is 93.5 cm³/mol. The molecule has 4 nitrogen and oxygen atoms in total. The third-order valence-corrected chi connectivity index (χ3v) is 5.03. The maximum atomic E-state index is 12.9. The van der Waals surface area contributed by atoms with Crippen LogP contribution in [0.4, 0.5) is 9.52 Å². The van der Waals surface area contributed by atoms with E-state index in [1.54, 1.807) is 23.5 Å². The molecular weight excluding hydrogens is 313 g/mol. The molecule has 126 valence electrons. The molecule has 0 saturated heterocycles. The van der Waals surface area contributed by atoms with Crippen LogP contribution in [0.1, 0.15) is 35.6 Å². The molecule has 0 saturated carbocycles. The summed E-state index contributed by atoms with van der Waals surface area (Å²) in [5, 5.41) is 14.7. The molecule has 0 bridgehead atoms. The Morgan fingerprint density at radius 2 is 1.96 bits per heavy atom. The monoisotopic (exact) mass is 337 g/mol. The van der Waals surface area contributed by atoms with Crippen molar-refractivity contribution in [3.05, 3.63) is 46.2 Å². The summed E-state index contributed by atoms with van der Waals surface area (Å²) in [6.07, 6.45) is -0.0256. The van der Waals surface area contributed by atoms with Crippen molar-refractivity contribution in [1.29, 1.82) is 0 Å². The van der Waals surface area contributed by atoms with Crippen LogP contribution < -0.4 is 10.2 Å². The summed E-state index contributed by atoms with van der Waals surface area (Å²) in [5.41, 5.74) is 1.78. The Kier molecular flexibility index (Phi) is 6.10. The summed E-state index contributed by atoms with van der Waals surface area (Å²) >= 11 is 1.67. The topological polar surface area (TPSA) is 48.4 Å². The van der Waals surface area contributed by atoms with Crippen LogP contribution in [0.5, 0.6) is 0 Å². The van der Waals surface area contributed by atoms with Crippen LogP contribution >= 0.6 is 11.3 Å². The van der Waals surface area contributed by atoms with Gasteiger partial charge < -0.3 is 15.3 Å². The molecule has 23 heavy (non-hydrogen) atoms. The van der Waals surface area contributed by atoms with Crippen molar-refractivity contribution in [2.75, 3.05) is 19.0 Å². The van der Waals surface area contributed by atoms with E-state index in [-0.39, 0.29) is 11.9 Å². The van der Waals surface area contributed by atoms with Gasteiger partial charge in [-0.2, -0.15) is 0 Å². The highest BCUT2D eigenvalue weighted by Crippen LogP contribution is 2.25. The zero-order valence-electron chi connectivity index (χ0n) is 14.0. The Morgan fingerprint density at radius 3 is 2.52 bits per heavy atom. The lowest BCUT2D eigenvalue weighted by atomic mass is 10.0. The van der Waals surface area contributed by atoms with E-state index in [1.165, 1.54) is 17.0 Å². The van der Waals surface area contributed by atoms with E-state index in [1.807, 2.05) is 32.8 Å². The molecule has 0 radical (unpaired) electrons. The fourth-order valence-electron chi connectivity index (χ4n) is 2.27. The van der Waals surface area contributed by atoms with Crippen molar-refractivity contribution in [2.24, 2.45) is 0 Å². The zero-order valence-corrected chi connectivity index (χ0v) is 14.8. The van der Waals surface area contributed by atoms with Crippen LogP contribution in [-0.4, -0.2) is 30.2 Å². The van der Waals surface area contributed by atoms with E-state index in [9.17, 15) is 9.50 Å². The summed E-state index contributed by atoms with van der Waals surface area (Å²) in [6.45, 7) is 4.78. The van der Waals surface area contributed by atoms with Crippen molar-refractivity contribution in [2.45, 2.75) is 39.0 Å². The van der Waals surface area contributed by atoms with Crippen molar-refractivity contribution in [3.8, 4) is 0 Å². The molecule has 0 amide bonds. The number of aromatic nitrogens is 1. The largest absolute Gasteiger partial charge is 0.388 e. The van der Waals surface area contributed by atoms with Crippen molar-refractivity contribution in [3.63, 3.8) is 0 Å². The SMILES string of the molecule is Cc1nc(N(C)C)sc1CNC(C)CC(O)c1ccc(F)cc1. The smallest absolute Gasteiger partial charge is 0.185 e. The normalized spacial score (nSPS) is 13.8. The van der Waals surface area contributed by atoms with Crippen molar-refractivity contribution in [1.82, 2.24) is 10.3 Å². The zero-order chi connectivity index (χ0) is 17.0. The Balaban J connectivity index is 1.87. The average Bonchev–Trinajstić information content (AvgIpc) is 2.87. The summed E-state index contributed by atoms with van der Waals surface area (Å²) < 4.78 is 12.9. The molecule has 2 atom stereocenters. The Hall–Kier alpha value is -1.50. The Morgan fingerprint density at radius 1 is 1.30 bits per heavy atom. The maximum absolute atomic E-state index is 12.9. The molecule has 0 fully saturated rings. The van der Waals surface area contributed by atoms with E-state index in [2.05, 4.69) is 10.3 Å². The number of hydrogen-bond donors (Lipinski definition) is 2. The highest BCUT2D eigenvalue weighted by molar-refractivity contribution is 7.15. The fraction of sp³-hybridized carbons (Fsp3) is 0.471. The summed E-state index contributed by atoms with van der Waals surface area (Å²) in [4.78, 5) is 7.73. The van der Waals surface area contributed by atoms with E-state index in [0.29, 0.717) is 6.42 Å². The maximum Gasteiger partial charge on any atom is 0.185 e. The van der Waals surface area contributed by atoms with Gasteiger partial charge in [0.15, 0.2) is 5.13 Å². The quantitative estimate of drug-likeness (QED) is 0.814. The lowest BCUT2D eigenvalue weighted by Crippen LogP contribution is -2.27. The number of nitrogens with one attached hydrogen (secondary N) is 1. The van der Waals surface area contributed by atoms with Crippen LogP contribution in [0.3, 0.4) is 0 Å². The molecule has 2 N–H and O–H groups in total. The minimum Gasteiger partial charge on any atom is -0.388 e. The standard InChI is InChI=1S/C17H24FN3OS/c1-11(9-15(22)13-5-7-14(18)8-6-13)19-10-16-12(2)20-17(23-16)21(3)4/h5-8,11,15,19,22H,9-10H2,1-4H3. The average molecular weight is 337 g/mol. The number of benzene rings is 1. The minimum atomic E-state index is -0.599. The van der Waals surface area contributed by atoms with Gasteiger partial charge in [0, 0.05) is 31.6 Å². The molecule has 1 aromatic carbocycles. The first-order chi connectivity index (χ1) is 10.9. The number of nitrogens with zero attached hydrogens (tertiary/aromatic N) is 2. The first kappa shape index (κ1) is 17.8. The van der Waals surface area contributed by atoms with Crippen LogP contribution in [0, 0.1) is 12.7 Å². The molecule has 1 aromatic heterocycles. The van der Waals surface area contributed by atoms with Gasteiger partial charge in [0.05, 0.1) is 11.8 Å². The summed E-state index contributed by atoms with van der Waals surface area (Å²) in [5.74, 6) is -0.288. The number of thiazole rings is 1. The molecule has 2 unspecified atom stereocenters. The first-order valence-electron chi connectivity index (χ1n) is 7.67. The molecule has 0 aliphatic rings. The second kappa shape index (κ2) is 7.86. The lowest BCUT2D eigenvalue weighted by molar-refractivity contribution is 0.154. The molecule has 2 rings (SSSR count). The minimum absolute atomic E-state index is 0.138. The number of anilines is 1. The van der Waals surface area contributed by atoms with Crippen LogP contribution in [0.25, 0.3) is 0 Å². The number of hydrogen-bond acceptors (Lipinski definition) is 5.